The van der Waals surface area contributed by atoms with E-state index >= 15 is 0 Å². The van der Waals surface area contributed by atoms with Crippen molar-refractivity contribution in [3.8, 4) is 0 Å². The van der Waals surface area contributed by atoms with Crippen LogP contribution in [0.2, 0.25) is 0 Å². The molecule has 1 amide bonds. The Kier molecular flexibility index (Phi) is 6.27. The second kappa shape index (κ2) is 7.25. The molecule has 0 spiro atoms. The van der Waals surface area contributed by atoms with E-state index in [4.69, 9.17) is 5.73 Å². The van der Waals surface area contributed by atoms with Crippen LogP contribution in [0.4, 0.5) is 0 Å². The Morgan fingerprint density at radius 3 is 2.68 bits per heavy atom. The van der Waals surface area contributed by atoms with Crippen LogP contribution in [0.5, 0.6) is 0 Å². The first kappa shape index (κ1) is 16.4. The smallest absolute Gasteiger partial charge is 0.227 e. The number of hydrogen-bond donors (Lipinski definition) is 2. The highest BCUT2D eigenvalue weighted by Crippen LogP contribution is 2.36. The summed E-state index contributed by atoms with van der Waals surface area (Å²) in [6.45, 7) is 8.26. The largest absolute Gasteiger partial charge is 0.356 e. The molecule has 112 valence electrons. The minimum absolute atomic E-state index is 0.0274. The standard InChI is InChI=1S/C15H31N3O/c1-12(2)18(4)11-6-5-10-17-14(19)15(3)9-7-8-13(15)16/h12-13H,5-11,16H2,1-4H3,(H,17,19). The lowest BCUT2D eigenvalue weighted by Gasteiger charge is -2.27. The summed E-state index contributed by atoms with van der Waals surface area (Å²) in [6, 6.07) is 0.615. The SMILES string of the molecule is CC(C)N(C)CCCCNC(=O)C1(C)CCCC1N. The first-order valence-electron chi connectivity index (χ1n) is 7.62. The molecule has 1 aliphatic carbocycles. The average molecular weight is 269 g/mol. The summed E-state index contributed by atoms with van der Waals surface area (Å²) < 4.78 is 0. The Labute approximate surface area is 118 Å². The molecule has 0 aromatic rings. The molecule has 0 bridgehead atoms. The second-order valence-electron chi connectivity index (χ2n) is 6.45. The van der Waals surface area contributed by atoms with Gasteiger partial charge in [0.25, 0.3) is 0 Å². The highest BCUT2D eigenvalue weighted by Gasteiger charge is 2.42. The molecule has 0 aliphatic heterocycles. The molecule has 0 radical (unpaired) electrons. The van der Waals surface area contributed by atoms with Gasteiger partial charge in [0.15, 0.2) is 0 Å². The molecule has 19 heavy (non-hydrogen) atoms. The van der Waals surface area contributed by atoms with E-state index in [1.807, 2.05) is 6.92 Å². The number of carbonyl (C=O) groups excluding carboxylic acids is 1. The first-order valence-corrected chi connectivity index (χ1v) is 7.62. The zero-order valence-corrected chi connectivity index (χ0v) is 13.0. The van der Waals surface area contributed by atoms with E-state index in [0.717, 1.165) is 45.2 Å². The van der Waals surface area contributed by atoms with Crippen LogP contribution < -0.4 is 11.1 Å². The van der Waals surface area contributed by atoms with Crippen LogP contribution in [0, 0.1) is 5.41 Å². The van der Waals surface area contributed by atoms with Crippen molar-refractivity contribution in [2.24, 2.45) is 11.1 Å². The Balaban J connectivity index is 2.18. The van der Waals surface area contributed by atoms with Crippen molar-refractivity contribution in [3.05, 3.63) is 0 Å². The van der Waals surface area contributed by atoms with Gasteiger partial charge in [0, 0.05) is 18.6 Å². The zero-order chi connectivity index (χ0) is 14.5. The predicted octanol–water partition coefficient (Wildman–Crippen LogP) is 1.74. The van der Waals surface area contributed by atoms with Crippen molar-refractivity contribution >= 4 is 5.91 Å². The molecule has 1 aliphatic rings. The van der Waals surface area contributed by atoms with Crippen molar-refractivity contribution in [1.29, 1.82) is 0 Å². The summed E-state index contributed by atoms with van der Waals surface area (Å²) in [6.07, 6.45) is 5.13. The number of nitrogens with one attached hydrogen (secondary N) is 1. The van der Waals surface area contributed by atoms with E-state index in [9.17, 15) is 4.79 Å². The van der Waals surface area contributed by atoms with Crippen LogP contribution in [0.15, 0.2) is 0 Å². The maximum Gasteiger partial charge on any atom is 0.227 e. The van der Waals surface area contributed by atoms with Crippen LogP contribution >= 0.6 is 0 Å². The molecule has 0 saturated heterocycles. The van der Waals surface area contributed by atoms with Gasteiger partial charge in [0.05, 0.1) is 5.41 Å². The van der Waals surface area contributed by atoms with Crippen molar-refractivity contribution in [2.75, 3.05) is 20.1 Å². The van der Waals surface area contributed by atoms with Crippen LogP contribution in [0.25, 0.3) is 0 Å². The van der Waals surface area contributed by atoms with E-state index in [2.05, 4.69) is 31.1 Å². The Morgan fingerprint density at radius 2 is 2.16 bits per heavy atom. The lowest BCUT2D eigenvalue weighted by molar-refractivity contribution is -0.130. The normalized spacial score (nSPS) is 27.2. The molecule has 1 rings (SSSR count). The minimum atomic E-state index is -0.339. The average Bonchev–Trinajstić information content (AvgIpc) is 2.69. The second-order valence-corrected chi connectivity index (χ2v) is 6.45. The highest BCUT2D eigenvalue weighted by atomic mass is 16.2. The Hall–Kier alpha value is -0.610. The van der Waals surface area contributed by atoms with E-state index in [1.54, 1.807) is 0 Å². The predicted molar refractivity (Wildman–Crippen MR) is 79.9 cm³/mol. The number of carbonyl (C=O) groups is 1. The molecule has 0 aromatic heterocycles. The van der Waals surface area contributed by atoms with Crippen molar-refractivity contribution in [2.45, 2.75) is 65.0 Å². The van der Waals surface area contributed by atoms with Gasteiger partial charge < -0.3 is 16.0 Å². The van der Waals surface area contributed by atoms with Gasteiger partial charge in [-0.3, -0.25) is 4.79 Å². The molecule has 4 nitrogen and oxygen atoms in total. The van der Waals surface area contributed by atoms with E-state index in [-0.39, 0.29) is 17.4 Å². The molecular weight excluding hydrogens is 238 g/mol. The maximum atomic E-state index is 12.2. The van der Waals surface area contributed by atoms with Gasteiger partial charge in [0.2, 0.25) is 5.91 Å². The van der Waals surface area contributed by atoms with E-state index in [0.29, 0.717) is 6.04 Å². The van der Waals surface area contributed by atoms with Gasteiger partial charge in [-0.25, -0.2) is 0 Å². The highest BCUT2D eigenvalue weighted by molar-refractivity contribution is 5.83. The maximum absolute atomic E-state index is 12.2. The summed E-state index contributed by atoms with van der Waals surface area (Å²) in [7, 11) is 2.14. The third-order valence-electron chi connectivity index (χ3n) is 4.65. The number of nitrogens with two attached hydrogens (primary N) is 1. The first-order chi connectivity index (χ1) is 8.88. The Morgan fingerprint density at radius 1 is 1.47 bits per heavy atom. The number of rotatable bonds is 7. The lowest BCUT2D eigenvalue weighted by Crippen LogP contribution is -2.47. The quantitative estimate of drug-likeness (QED) is 0.692. The van der Waals surface area contributed by atoms with Crippen LogP contribution in [0.1, 0.15) is 52.9 Å². The molecule has 3 N–H and O–H groups in total. The van der Waals surface area contributed by atoms with Gasteiger partial charge in [-0.05, 0) is 60.0 Å². The van der Waals surface area contributed by atoms with E-state index < -0.39 is 0 Å². The summed E-state index contributed by atoms with van der Waals surface area (Å²) >= 11 is 0. The fourth-order valence-corrected chi connectivity index (χ4v) is 2.62. The summed E-state index contributed by atoms with van der Waals surface area (Å²) in [5.41, 5.74) is 5.71. The van der Waals surface area contributed by atoms with Crippen molar-refractivity contribution in [3.63, 3.8) is 0 Å². The zero-order valence-electron chi connectivity index (χ0n) is 13.0. The van der Waals surface area contributed by atoms with Crippen molar-refractivity contribution in [1.82, 2.24) is 10.2 Å². The van der Waals surface area contributed by atoms with Crippen LogP contribution in [-0.2, 0) is 4.79 Å². The number of amides is 1. The fraction of sp³-hybridized carbons (Fsp3) is 0.933. The fourth-order valence-electron chi connectivity index (χ4n) is 2.62. The molecule has 1 saturated carbocycles. The molecule has 0 aromatic carbocycles. The summed E-state index contributed by atoms with van der Waals surface area (Å²) in [5, 5.41) is 3.06. The number of unbranched alkanes of at least 4 members (excludes halogenated alkanes) is 1. The number of hydrogen-bond acceptors (Lipinski definition) is 3. The van der Waals surface area contributed by atoms with Gasteiger partial charge >= 0.3 is 0 Å². The lowest BCUT2D eigenvalue weighted by atomic mass is 9.84. The monoisotopic (exact) mass is 269 g/mol. The minimum Gasteiger partial charge on any atom is -0.356 e. The van der Waals surface area contributed by atoms with Gasteiger partial charge in [-0.1, -0.05) is 6.42 Å². The Bertz CT molecular complexity index is 293. The molecule has 2 unspecified atom stereocenters. The van der Waals surface area contributed by atoms with Crippen LogP contribution in [0.3, 0.4) is 0 Å². The van der Waals surface area contributed by atoms with E-state index in [1.165, 1.54) is 0 Å². The third kappa shape index (κ3) is 4.46. The molecule has 0 heterocycles. The summed E-state index contributed by atoms with van der Waals surface area (Å²) in [5.74, 6) is 0.148. The molecule has 1 fully saturated rings. The van der Waals surface area contributed by atoms with Gasteiger partial charge in [-0.2, -0.15) is 0 Å². The van der Waals surface area contributed by atoms with Crippen molar-refractivity contribution < 1.29 is 4.79 Å². The number of nitrogens with zero attached hydrogens (tertiary/aromatic N) is 1. The van der Waals surface area contributed by atoms with Gasteiger partial charge in [-0.15, -0.1) is 0 Å². The topological polar surface area (TPSA) is 58.4 Å². The van der Waals surface area contributed by atoms with Gasteiger partial charge in [0.1, 0.15) is 0 Å². The third-order valence-corrected chi connectivity index (χ3v) is 4.65. The summed E-state index contributed by atoms with van der Waals surface area (Å²) in [4.78, 5) is 14.5. The molecule has 2 atom stereocenters. The molecular formula is C15H31N3O. The molecule has 4 heteroatoms. The van der Waals surface area contributed by atoms with Crippen LogP contribution in [-0.4, -0.2) is 43.0 Å².